The summed E-state index contributed by atoms with van der Waals surface area (Å²) in [5.41, 5.74) is 4.69. The molecule has 0 unspecified atom stereocenters. The number of rotatable bonds is 9. The molecule has 148 valence electrons. The Bertz CT molecular complexity index is 751. The van der Waals surface area contributed by atoms with Crippen molar-refractivity contribution in [1.82, 2.24) is 20.4 Å². The summed E-state index contributed by atoms with van der Waals surface area (Å²) >= 11 is 0. The van der Waals surface area contributed by atoms with Crippen LogP contribution >= 0.6 is 0 Å². The lowest BCUT2D eigenvalue weighted by Crippen LogP contribution is -2.38. The molecule has 0 aliphatic heterocycles. The first kappa shape index (κ1) is 20.8. The van der Waals surface area contributed by atoms with Crippen LogP contribution in [0, 0.1) is 20.8 Å². The van der Waals surface area contributed by atoms with E-state index in [1.165, 1.54) is 11.3 Å². The van der Waals surface area contributed by atoms with Crippen molar-refractivity contribution in [3.05, 3.63) is 46.8 Å². The predicted molar refractivity (Wildman–Crippen MR) is 112 cm³/mol. The molecule has 1 aromatic heterocycles. The molecule has 0 aliphatic rings. The molecule has 0 aliphatic carbocycles. The molecule has 1 aromatic carbocycles. The highest BCUT2D eigenvalue weighted by molar-refractivity contribution is 5.79. The van der Waals surface area contributed by atoms with Crippen LogP contribution in [0.4, 0.5) is 0 Å². The summed E-state index contributed by atoms with van der Waals surface area (Å²) in [7, 11) is 1.71. The number of aliphatic imine (C=N–C) groups is 1. The number of ether oxygens (including phenoxy) is 1. The Hall–Kier alpha value is -2.50. The minimum absolute atomic E-state index is 0.770. The zero-order chi connectivity index (χ0) is 19.6. The van der Waals surface area contributed by atoms with Gasteiger partial charge < -0.3 is 15.4 Å². The van der Waals surface area contributed by atoms with Gasteiger partial charge in [-0.05, 0) is 63.8 Å². The zero-order valence-corrected chi connectivity index (χ0v) is 17.3. The lowest BCUT2D eigenvalue weighted by atomic mass is 10.1. The number of methoxy groups -OCH3 is 1. The van der Waals surface area contributed by atoms with E-state index in [4.69, 9.17) is 4.74 Å². The Morgan fingerprint density at radius 3 is 2.67 bits per heavy atom. The molecule has 2 aromatic rings. The minimum Gasteiger partial charge on any atom is -0.496 e. The Balaban J connectivity index is 1.80. The summed E-state index contributed by atoms with van der Waals surface area (Å²) in [6.45, 7) is 11.6. The van der Waals surface area contributed by atoms with Crippen molar-refractivity contribution in [3.8, 4) is 5.75 Å². The molecule has 0 radical (unpaired) electrons. The molecule has 0 atom stereocenters. The van der Waals surface area contributed by atoms with E-state index in [1.807, 2.05) is 6.92 Å². The van der Waals surface area contributed by atoms with Crippen molar-refractivity contribution in [2.75, 3.05) is 26.7 Å². The number of aromatic nitrogens is 2. The molecule has 2 rings (SSSR count). The Morgan fingerprint density at radius 2 is 2.00 bits per heavy atom. The predicted octanol–water partition coefficient (Wildman–Crippen LogP) is 3.00. The lowest BCUT2D eigenvalue weighted by molar-refractivity contribution is 0.411. The smallest absolute Gasteiger partial charge is 0.191 e. The van der Waals surface area contributed by atoms with E-state index in [9.17, 15) is 0 Å². The average molecular weight is 372 g/mol. The molecule has 6 heteroatoms. The van der Waals surface area contributed by atoms with Crippen LogP contribution in [0.2, 0.25) is 0 Å². The van der Waals surface area contributed by atoms with E-state index in [0.717, 1.165) is 62.0 Å². The van der Waals surface area contributed by atoms with Crippen molar-refractivity contribution in [2.24, 2.45) is 4.99 Å². The van der Waals surface area contributed by atoms with Gasteiger partial charge in [0.25, 0.3) is 0 Å². The first-order valence-corrected chi connectivity index (χ1v) is 9.70. The van der Waals surface area contributed by atoms with Gasteiger partial charge in [0.05, 0.1) is 12.8 Å². The van der Waals surface area contributed by atoms with E-state index in [0.29, 0.717) is 0 Å². The van der Waals surface area contributed by atoms with E-state index in [-0.39, 0.29) is 0 Å². The molecule has 0 bridgehead atoms. The zero-order valence-electron chi connectivity index (χ0n) is 17.3. The Labute approximate surface area is 163 Å². The van der Waals surface area contributed by atoms with Crippen LogP contribution in [0.3, 0.4) is 0 Å². The molecule has 1 heterocycles. The number of benzene rings is 1. The minimum atomic E-state index is 0.770. The average Bonchev–Trinajstić information content (AvgIpc) is 2.97. The molecule has 6 nitrogen and oxygen atoms in total. The standard InChI is InChI=1S/C21H33N5O/c1-6-22-21(23-11-7-13-26-18(4)14-17(3)25-26)24-12-10-19-9-8-16(2)20(15-19)27-5/h8-9,14-15H,6-7,10-13H2,1-5H3,(H2,22,23,24). The van der Waals surface area contributed by atoms with Gasteiger partial charge in [0, 0.05) is 31.9 Å². The van der Waals surface area contributed by atoms with Gasteiger partial charge in [0.1, 0.15) is 5.75 Å². The van der Waals surface area contributed by atoms with Crippen molar-refractivity contribution >= 4 is 5.96 Å². The molecular weight excluding hydrogens is 338 g/mol. The summed E-state index contributed by atoms with van der Waals surface area (Å²) in [6.07, 6.45) is 1.89. The lowest BCUT2D eigenvalue weighted by Gasteiger charge is -2.12. The van der Waals surface area contributed by atoms with Crippen LogP contribution in [0.25, 0.3) is 0 Å². The van der Waals surface area contributed by atoms with Gasteiger partial charge in [-0.1, -0.05) is 12.1 Å². The van der Waals surface area contributed by atoms with Crippen molar-refractivity contribution in [2.45, 2.75) is 47.1 Å². The van der Waals surface area contributed by atoms with Gasteiger partial charge in [0.2, 0.25) is 0 Å². The number of nitrogens with zero attached hydrogens (tertiary/aromatic N) is 3. The van der Waals surface area contributed by atoms with Crippen LogP contribution in [-0.4, -0.2) is 42.5 Å². The molecule has 0 amide bonds. The van der Waals surface area contributed by atoms with E-state index in [1.54, 1.807) is 7.11 Å². The quantitative estimate of drug-likeness (QED) is 0.404. The van der Waals surface area contributed by atoms with Crippen LogP contribution in [0.5, 0.6) is 5.75 Å². The SMILES string of the molecule is CCNC(=NCCCn1nc(C)cc1C)NCCc1ccc(C)c(OC)c1. The fraction of sp³-hybridized carbons (Fsp3) is 0.524. The van der Waals surface area contributed by atoms with E-state index >= 15 is 0 Å². The van der Waals surface area contributed by atoms with Gasteiger partial charge in [-0.3, -0.25) is 9.67 Å². The van der Waals surface area contributed by atoms with E-state index < -0.39 is 0 Å². The van der Waals surface area contributed by atoms with Gasteiger partial charge >= 0.3 is 0 Å². The van der Waals surface area contributed by atoms with E-state index in [2.05, 4.69) is 70.4 Å². The van der Waals surface area contributed by atoms with Gasteiger partial charge in [0.15, 0.2) is 5.96 Å². The third-order valence-electron chi connectivity index (χ3n) is 4.42. The number of guanidine groups is 1. The highest BCUT2D eigenvalue weighted by Crippen LogP contribution is 2.18. The summed E-state index contributed by atoms with van der Waals surface area (Å²) in [5.74, 6) is 1.81. The summed E-state index contributed by atoms with van der Waals surface area (Å²) in [5, 5.41) is 11.2. The monoisotopic (exact) mass is 371 g/mol. The van der Waals surface area contributed by atoms with Crippen molar-refractivity contribution in [1.29, 1.82) is 0 Å². The van der Waals surface area contributed by atoms with Gasteiger partial charge in [-0.2, -0.15) is 5.10 Å². The highest BCUT2D eigenvalue weighted by atomic mass is 16.5. The fourth-order valence-electron chi connectivity index (χ4n) is 3.00. The van der Waals surface area contributed by atoms with Crippen LogP contribution in [0.15, 0.2) is 29.3 Å². The summed E-state index contributed by atoms with van der Waals surface area (Å²) in [6, 6.07) is 8.47. The second kappa shape index (κ2) is 10.6. The fourth-order valence-corrected chi connectivity index (χ4v) is 3.00. The maximum absolute atomic E-state index is 5.40. The molecule has 0 spiro atoms. The van der Waals surface area contributed by atoms with Crippen LogP contribution in [-0.2, 0) is 13.0 Å². The molecule has 0 saturated heterocycles. The topological polar surface area (TPSA) is 63.5 Å². The normalized spacial score (nSPS) is 11.5. The molecule has 0 fully saturated rings. The first-order valence-electron chi connectivity index (χ1n) is 9.70. The molecular formula is C21H33N5O. The summed E-state index contributed by atoms with van der Waals surface area (Å²) < 4.78 is 7.45. The molecule has 2 N–H and O–H groups in total. The maximum Gasteiger partial charge on any atom is 0.191 e. The number of hydrogen-bond acceptors (Lipinski definition) is 3. The largest absolute Gasteiger partial charge is 0.496 e. The van der Waals surface area contributed by atoms with Gasteiger partial charge in [-0.25, -0.2) is 0 Å². The molecule has 27 heavy (non-hydrogen) atoms. The highest BCUT2D eigenvalue weighted by Gasteiger charge is 2.03. The first-order chi connectivity index (χ1) is 13.0. The maximum atomic E-state index is 5.40. The second-order valence-corrected chi connectivity index (χ2v) is 6.75. The number of nitrogens with one attached hydrogen (secondary N) is 2. The van der Waals surface area contributed by atoms with Gasteiger partial charge in [-0.15, -0.1) is 0 Å². The second-order valence-electron chi connectivity index (χ2n) is 6.75. The molecule has 0 saturated carbocycles. The van der Waals surface area contributed by atoms with Crippen LogP contribution in [0.1, 0.15) is 35.9 Å². The van der Waals surface area contributed by atoms with Crippen molar-refractivity contribution in [3.63, 3.8) is 0 Å². The Morgan fingerprint density at radius 1 is 1.19 bits per heavy atom. The third kappa shape index (κ3) is 6.62. The number of aryl methyl sites for hydroxylation is 4. The summed E-state index contributed by atoms with van der Waals surface area (Å²) in [4.78, 5) is 4.67. The Kier molecular flexibility index (Phi) is 8.17. The third-order valence-corrected chi connectivity index (χ3v) is 4.42. The number of hydrogen-bond donors (Lipinski definition) is 2. The van der Waals surface area contributed by atoms with Crippen molar-refractivity contribution < 1.29 is 4.74 Å². The van der Waals surface area contributed by atoms with Crippen LogP contribution < -0.4 is 15.4 Å².